The molecule has 92 heavy (non-hydrogen) atoms. The number of benzene rings is 6. The van der Waals surface area contributed by atoms with Crippen LogP contribution in [-0.4, -0.2) is 103 Å². The largest absolute Gasteiger partial charge is 0.478 e. The average molecular weight is 1250 g/mol. The molecule has 0 bridgehead atoms. The van der Waals surface area contributed by atoms with Crippen molar-refractivity contribution in [2.45, 2.75) is 50.3 Å². The molecule has 0 amide bonds. The number of nitriles is 2. The van der Waals surface area contributed by atoms with Gasteiger partial charge in [0.15, 0.2) is 0 Å². The molecule has 4 aliphatic heterocycles. The lowest BCUT2D eigenvalue weighted by Crippen LogP contribution is -2.23. The summed E-state index contributed by atoms with van der Waals surface area (Å²) in [5.74, 6) is -5.15. The van der Waals surface area contributed by atoms with E-state index in [0.717, 1.165) is 36.4 Å². The predicted octanol–water partition coefficient (Wildman–Crippen LogP) is 11.7. The van der Waals surface area contributed by atoms with Gasteiger partial charge in [-0.05, 0) is 108 Å². The number of nitrogens with zero attached hydrogens (tertiary/aromatic N) is 8. The summed E-state index contributed by atoms with van der Waals surface area (Å²) < 4.78 is 129. The summed E-state index contributed by atoms with van der Waals surface area (Å²) >= 11 is 0. The number of rotatable bonds is 16. The third-order valence-electron chi connectivity index (χ3n) is 16.9. The van der Waals surface area contributed by atoms with Crippen molar-refractivity contribution in [3.05, 3.63) is 225 Å². The van der Waals surface area contributed by atoms with Crippen LogP contribution in [0.15, 0.2) is 133 Å². The smallest absolute Gasteiger partial charge is 0.335 e. The highest BCUT2D eigenvalue weighted by Crippen LogP contribution is 2.41. The standard InChI is InChI=1S/2C34H25F3N4O5/c2*35-24-8-18(13-38)4-5-20(24)14-46-33-3-1-2-27(40-33)22-12-25(36)21(9-26(22)37)11-32-39-28-7-6-19(34(42)43)10-29(28)41(32)30-16-45-31-17-44-15-23(30)31/h2*1-10,12,23,30-31H,11,14-17H2,(H,42,43)/t2*23-,30+,31-/m00/s1. The number of carboxylic acid groups (broad SMARTS) is 2. The molecule has 4 aromatic heterocycles. The molecule has 14 rings (SSSR count). The van der Waals surface area contributed by atoms with Crippen LogP contribution in [0.2, 0.25) is 0 Å². The van der Waals surface area contributed by atoms with Gasteiger partial charge in [-0.1, -0.05) is 24.3 Å². The van der Waals surface area contributed by atoms with Gasteiger partial charge in [0.2, 0.25) is 11.8 Å². The first-order valence-electron chi connectivity index (χ1n) is 29.0. The van der Waals surface area contributed by atoms with Crippen molar-refractivity contribution in [1.82, 2.24) is 29.1 Å². The van der Waals surface area contributed by atoms with Crippen molar-refractivity contribution in [1.29, 1.82) is 10.5 Å². The van der Waals surface area contributed by atoms with Gasteiger partial charge in [-0.25, -0.2) is 55.9 Å². The third kappa shape index (κ3) is 12.1. The first-order valence-corrected chi connectivity index (χ1v) is 29.0. The Bertz CT molecular complexity index is 4370. The summed E-state index contributed by atoms with van der Waals surface area (Å²) in [6.07, 6.45) is -0.355. The lowest BCUT2D eigenvalue weighted by molar-refractivity contribution is 0.0653. The fourth-order valence-corrected chi connectivity index (χ4v) is 12.2. The molecule has 18 nitrogen and oxygen atoms in total. The number of hydrogen-bond donors (Lipinski definition) is 2. The van der Waals surface area contributed by atoms with Gasteiger partial charge in [-0.15, -0.1) is 0 Å². The molecule has 10 aromatic rings. The number of carbonyl (C=O) groups is 2. The predicted molar refractivity (Wildman–Crippen MR) is 315 cm³/mol. The molecule has 2 N–H and O–H groups in total. The summed E-state index contributed by atoms with van der Waals surface area (Å²) in [5, 5.41) is 37.1. The fourth-order valence-electron chi connectivity index (χ4n) is 12.2. The molecule has 0 radical (unpaired) electrons. The zero-order chi connectivity index (χ0) is 63.9. The van der Waals surface area contributed by atoms with E-state index < -0.39 is 46.8 Å². The van der Waals surface area contributed by atoms with Crippen LogP contribution in [0.5, 0.6) is 11.8 Å². The van der Waals surface area contributed by atoms with E-state index in [2.05, 4.69) is 9.97 Å². The lowest BCUT2D eigenvalue weighted by atomic mass is 9.99. The van der Waals surface area contributed by atoms with Gasteiger partial charge in [0.05, 0.1) is 132 Å². The molecule has 0 saturated carbocycles. The number of fused-ring (bicyclic) bond motifs is 4. The Morgan fingerprint density at radius 3 is 1.32 bits per heavy atom. The number of ether oxygens (including phenoxy) is 6. The van der Waals surface area contributed by atoms with E-state index in [1.807, 2.05) is 21.3 Å². The molecule has 4 fully saturated rings. The van der Waals surface area contributed by atoms with Crippen molar-refractivity contribution in [3.63, 3.8) is 0 Å². The normalized spacial score (nSPS) is 18.9. The quantitative estimate of drug-likeness (QED) is 0.0855. The minimum atomic E-state index is -1.09. The third-order valence-corrected chi connectivity index (χ3v) is 16.9. The average Bonchev–Trinajstić information content (AvgIpc) is 1.61. The van der Waals surface area contributed by atoms with E-state index in [1.54, 1.807) is 24.3 Å². The second-order valence-corrected chi connectivity index (χ2v) is 22.4. The Kier molecular flexibility index (Phi) is 16.7. The zero-order valence-electron chi connectivity index (χ0n) is 48.2. The lowest BCUT2D eigenvalue weighted by Gasteiger charge is -2.21. The van der Waals surface area contributed by atoms with Gasteiger partial charge in [0.1, 0.15) is 59.8 Å². The highest BCUT2D eigenvalue weighted by Gasteiger charge is 2.45. The topological polar surface area (TPSA) is 239 Å². The van der Waals surface area contributed by atoms with Gasteiger partial charge in [-0.3, -0.25) is 0 Å². The summed E-state index contributed by atoms with van der Waals surface area (Å²) in [7, 11) is 0. The number of pyridine rings is 2. The number of aromatic carboxylic acids is 2. The van der Waals surface area contributed by atoms with Crippen molar-refractivity contribution in [2.24, 2.45) is 11.8 Å². The minimum absolute atomic E-state index is 0.00238. The highest BCUT2D eigenvalue weighted by atomic mass is 19.1. The zero-order valence-corrected chi connectivity index (χ0v) is 48.2. The Balaban J connectivity index is 0.000000168. The Labute approximate surface area is 519 Å². The van der Waals surface area contributed by atoms with Gasteiger partial charge in [0.25, 0.3) is 0 Å². The molecule has 0 aliphatic carbocycles. The van der Waals surface area contributed by atoms with E-state index in [4.69, 9.17) is 48.9 Å². The van der Waals surface area contributed by atoms with Crippen LogP contribution in [-0.2, 0) is 45.0 Å². The molecular formula is C68H50F6N8O10. The van der Waals surface area contributed by atoms with Gasteiger partial charge in [-0.2, -0.15) is 10.5 Å². The summed E-state index contributed by atoms with van der Waals surface area (Å²) in [6.45, 7) is 2.18. The van der Waals surface area contributed by atoms with E-state index in [9.17, 15) is 28.6 Å². The second-order valence-electron chi connectivity index (χ2n) is 22.4. The number of carboxylic acids is 2. The Morgan fingerprint density at radius 2 is 0.913 bits per heavy atom. The van der Waals surface area contributed by atoms with E-state index in [-0.39, 0.29) is 141 Å². The molecular weight excluding hydrogens is 1200 g/mol. The van der Waals surface area contributed by atoms with Crippen LogP contribution in [0.3, 0.4) is 0 Å². The molecule has 6 atom stereocenters. The molecule has 0 unspecified atom stereocenters. The molecule has 464 valence electrons. The first-order chi connectivity index (χ1) is 44.6. The van der Waals surface area contributed by atoms with Crippen molar-refractivity contribution < 1.29 is 74.6 Å². The first kappa shape index (κ1) is 60.4. The summed E-state index contributed by atoms with van der Waals surface area (Å²) in [6, 6.07) is 34.0. The number of halogens is 6. The van der Waals surface area contributed by atoms with Crippen molar-refractivity contribution in [2.75, 3.05) is 39.6 Å². The molecule has 4 aliphatic rings. The van der Waals surface area contributed by atoms with Gasteiger partial charge < -0.3 is 47.8 Å². The van der Waals surface area contributed by atoms with Crippen LogP contribution in [0.4, 0.5) is 26.3 Å². The van der Waals surface area contributed by atoms with Crippen LogP contribution in [0.1, 0.15) is 77.8 Å². The van der Waals surface area contributed by atoms with Crippen LogP contribution in [0.25, 0.3) is 44.6 Å². The molecule has 0 spiro atoms. The fraction of sp³-hybridized carbons (Fsp3) is 0.235. The minimum Gasteiger partial charge on any atom is -0.478 e. The number of imidazole rings is 2. The molecule has 4 saturated heterocycles. The Morgan fingerprint density at radius 1 is 0.489 bits per heavy atom. The summed E-state index contributed by atoms with van der Waals surface area (Å²) in [4.78, 5) is 41.5. The SMILES string of the molecule is N#Cc1ccc(COc2cccc(-c3cc(F)c(Cc4nc5ccc(C(=O)O)cc5n4[C@@H]4CO[C@H]5COC[C@H]54)cc3F)n2)c(F)c1.N#Cc1ccc(COc2cccc(-c3cc(F)c(Cc4nc5ccc(C(=O)O)cc5n4[C@@H]4CO[C@H]5COC[C@H]54)cc3F)n2)c(F)c1. The maximum absolute atomic E-state index is 15.7. The number of hydrogen-bond acceptors (Lipinski definition) is 14. The van der Waals surface area contributed by atoms with Gasteiger partial charge in [0, 0.05) is 59.1 Å². The molecule has 24 heteroatoms. The van der Waals surface area contributed by atoms with Crippen LogP contribution in [0, 0.1) is 69.4 Å². The van der Waals surface area contributed by atoms with Crippen LogP contribution >= 0.6 is 0 Å². The maximum atomic E-state index is 15.7. The van der Waals surface area contributed by atoms with Crippen molar-refractivity contribution >= 4 is 34.0 Å². The second kappa shape index (κ2) is 25.4. The van der Waals surface area contributed by atoms with Crippen LogP contribution < -0.4 is 9.47 Å². The molecule has 6 aromatic carbocycles. The maximum Gasteiger partial charge on any atom is 0.335 e. The summed E-state index contributed by atoms with van der Waals surface area (Å²) in [5.41, 5.74) is 3.28. The van der Waals surface area contributed by atoms with E-state index in [0.29, 0.717) is 73.4 Å². The highest BCUT2D eigenvalue weighted by molar-refractivity contribution is 5.93. The Hall–Kier alpha value is -10.5. The monoisotopic (exact) mass is 1250 g/mol. The number of aromatic nitrogens is 6. The van der Waals surface area contributed by atoms with Crippen molar-refractivity contribution in [3.8, 4) is 46.4 Å². The van der Waals surface area contributed by atoms with E-state index >= 15 is 17.6 Å². The van der Waals surface area contributed by atoms with Gasteiger partial charge >= 0.3 is 11.9 Å². The molecule has 8 heterocycles. The van der Waals surface area contributed by atoms with E-state index in [1.165, 1.54) is 72.8 Å².